The number of carbonyl (C=O) groups excluding carboxylic acids is 1. The molecule has 2 fully saturated rings. The van der Waals surface area contributed by atoms with Crippen molar-refractivity contribution in [2.24, 2.45) is 5.41 Å². The summed E-state index contributed by atoms with van der Waals surface area (Å²) in [4.78, 5) is 12.1. The maximum atomic E-state index is 12.1. The minimum atomic E-state index is 0.0470. The predicted octanol–water partition coefficient (Wildman–Crippen LogP) is 1.27. The quantitative estimate of drug-likeness (QED) is 0.763. The maximum Gasteiger partial charge on any atom is 0.228 e. The zero-order chi connectivity index (χ0) is 11.7. The van der Waals surface area contributed by atoms with Crippen LogP contribution in [0.1, 0.15) is 24.3 Å². The van der Waals surface area contributed by atoms with E-state index in [0.29, 0.717) is 0 Å². The number of piperidine rings is 1. The third kappa shape index (κ3) is 1.75. The lowest BCUT2D eigenvalue weighted by Gasteiger charge is -2.37. The second kappa shape index (κ2) is 4.15. The van der Waals surface area contributed by atoms with Gasteiger partial charge in [0, 0.05) is 12.0 Å². The third-order valence-corrected chi connectivity index (χ3v) is 4.22. The minimum Gasteiger partial charge on any atom is -0.355 e. The molecule has 0 unspecified atom stereocenters. The van der Waals surface area contributed by atoms with Crippen LogP contribution in [0.4, 0.5) is 0 Å². The van der Waals surface area contributed by atoms with Crippen LogP contribution in [0.15, 0.2) is 30.3 Å². The van der Waals surface area contributed by atoms with E-state index in [-0.39, 0.29) is 17.2 Å². The van der Waals surface area contributed by atoms with E-state index < -0.39 is 0 Å². The lowest BCUT2D eigenvalue weighted by Crippen LogP contribution is -2.41. The van der Waals surface area contributed by atoms with E-state index in [2.05, 4.69) is 22.8 Å². The Hall–Kier alpha value is -1.35. The Balaban J connectivity index is 1.97. The molecule has 3 heteroatoms. The molecule has 1 spiro atoms. The van der Waals surface area contributed by atoms with Crippen molar-refractivity contribution in [3.8, 4) is 0 Å². The Labute approximate surface area is 102 Å². The predicted molar refractivity (Wildman–Crippen MR) is 66.7 cm³/mol. The molecular formula is C14H18N2O. The van der Waals surface area contributed by atoms with Crippen LogP contribution in [0.5, 0.6) is 0 Å². The molecule has 3 rings (SSSR count). The van der Waals surface area contributed by atoms with Crippen molar-refractivity contribution >= 4 is 5.91 Å². The summed E-state index contributed by atoms with van der Waals surface area (Å²) >= 11 is 0. The molecule has 0 saturated carbocycles. The highest BCUT2D eigenvalue weighted by Crippen LogP contribution is 2.46. The molecule has 2 aliphatic heterocycles. The zero-order valence-corrected chi connectivity index (χ0v) is 9.91. The van der Waals surface area contributed by atoms with Gasteiger partial charge in [-0.3, -0.25) is 4.79 Å². The van der Waals surface area contributed by atoms with Gasteiger partial charge in [0.25, 0.3) is 0 Å². The van der Waals surface area contributed by atoms with Crippen LogP contribution >= 0.6 is 0 Å². The topological polar surface area (TPSA) is 41.1 Å². The summed E-state index contributed by atoms with van der Waals surface area (Å²) in [5.41, 5.74) is 1.31. The van der Waals surface area contributed by atoms with Gasteiger partial charge in [-0.2, -0.15) is 0 Å². The van der Waals surface area contributed by atoms with Crippen LogP contribution in [0.25, 0.3) is 0 Å². The molecule has 0 aromatic heterocycles. The van der Waals surface area contributed by atoms with Crippen LogP contribution in [0.3, 0.4) is 0 Å². The van der Waals surface area contributed by atoms with Crippen molar-refractivity contribution < 1.29 is 4.79 Å². The molecule has 0 bridgehead atoms. The molecule has 90 valence electrons. The van der Waals surface area contributed by atoms with Crippen molar-refractivity contribution in [1.29, 1.82) is 0 Å². The summed E-state index contributed by atoms with van der Waals surface area (Å²) in [6.07, 6.45) is 2.18. The first kappa shape index (κ1) is 10.8. The lowest BCUT2D eigenvalue weighted by atomic mass is 9.68. The van der Waals surface area contributed by atoms with E-state index >= 15 is 0 Å². The average molecular weight is 230 g/mol. The van der Waals surface area contributed by atoms with Gasteiger partial charge in [0.2, 0.25) is 5.91 Å². The van der Waals surface area contributed by atoms with Gasteiger partial charge in [0.15, 0.2) is 0 Å². The second-order valence-electron chi connectivity index (χ2n) is 5.17. The fourth-order valence-corrected chi connectivity index (χ4v) is 3.29. The highest BCUT2D eigenvalue weighted by atomic mass is 16.2. The van der Waals surface area contributed by atoms with Gasteiger partial charge in [0.1, 0.15) is 0 Å². The molecule has 2 aliphatic rings. The molecule has 0 radical (unpaired) electrons. The van der Waals surface area contributed by atoms with Crippen molar-refractivity contribution in [2.45, 2.75) is 18.8 Å². The summed E-state index contributed by atoms with van der Waals surface area (Å²) in [5, 5.41) is 6.45. The van der Waals surface area contributed by atoms with E-state index in [1.807, 2.05) is 18.2 Å². The monoisotopic (exact) mass is 230 g/mol. The smallest absolute Gasteiger partial charge is 0.228 e. The number of nitrogens with one attached hydrogen (secondary N) is 2. The first-order valence-electron chi connectivity index (χ1n) is 6.35. The summed E-state index contributed by atoms with van der Waals surface area (Å²) < 4.78 is 0. The molecule has 2 saturated heterocycles. The Morgan fingerprint density at radius 1 is 1.12 bits per heavy atom. The van der Waals surface area contributed by atoms with Gasteiger partial charge in [0.05, 0.1) is 5.92 Å². The number of hydrogen-bond donors (Lipinski definition) is 2. The number of benzene rings is 1. The van der Waals surface area contributed by atoms with Gasteiger partial charge in [-0.1, -0.05) is 30.3 Å². The number of hydrogen-bond acceptors (Lipinski definition) is 2. The van der Waals surface area contributed by atoms with E-state index in [1.54, 1.807) is 0 Å². The largest absolute Gasteiger partial charge is 0.355 e. The van der Waals surface area contributed by atoms with E-state index in [0.717, 1.165) is 32.5 Å². The summed E-state index contributed by atoms with van der Waals surface area (Å²) in [6.45, 7) is 2.89. The Kier molecular flexibility index (Phi) is 2.63. The summed E-state index contributed by atoms with van der Waals surface area (Å²) in [7, 11) is 0. The number of amides is 1. The summed E-state index contributed by atoms with van der Waals surface area (Å²) in [6, 6.07) is 10.2. The second-order valence-corrected chi connectivity index (χ2v) is 5.17. The van der Waals surface area contributed by atoms with Crippen molar-refractivity contribution in [3.05, 3.63) is 35.9 Å². The normalized spacial score (nSPS) is 27.1. The van der Waals surface area contributed by atoms with E-state index in [1.165, 1.54) is 5.56 Å². The van der Waals surface area contributed by atoms with Crippen LogP contribution in [-0.4, -0.2) is 25.5 Å². The molecular weight excluding hydrogens is 212 g/mol. The molecule has 2 heterocycles. The highest BCUT2D eigenvalue weighted by molar-refractivity contribution is 5.87. The molecule has 1 aromatic rings. The number of rotatable bonds is 1. The molecule has 3 nitrogen and oxygen atoms in total. The summed E-state index contributed by atoms with van der Waals surface area (Å²) in [5.74, 6) is 0.254. The fraction of sp³-hybridized carbons (Fsp3) is 0.500. The van der Waals surface area contributed by atoms with Crippen molar-refractivity contribution in [2.75, 3.05) is 19.6 Å². The van der Waals surface area contributed by atoms with Gasteiger partial charge >= 0.3 is 0 Å². The Morgan fingerprint density at radius 2 is 1.82 bits per heavy atom. The number of carbonyl (C=O) groups is 1. The molecule has 1 aromatic carbocycles. The molecule has 1 atom stereocenters. The van der Waals surface area contributed by atoms with Crippen LogP contribution in [-0.2, 0) is 4.79 Å². The van der Waals surface area contributed by atoms with Crippen LogP contribution < -0.4 is 10.6 Å². The Bertz CT molecular complexity index is 409. The van der Waals surface area contributed by atoms with Gasteiger partial charge in [-0.15, -0.1) is 0 Å². The van der Waals surface area contributed by atoms with Gasteiger partial charge < -0.3 is 10.6 Å². The van der Waals surface area contributed by atoms with Gasteiger partial charge in [-0.25, -0.2) is 0 Å². The van der Waals surface area contributed by atoms with Crippen LogP contribution in [0.2, 0.25) is 0 Å². The Morgan fingerprint density at radius 3 is 2.53 bits per heavy atom. The fourth-order valence-electron chi connectivity index (χ4n) is 3.29. The van der Waals surface area contributed by atoms with Crippen molar-refractivity contribution in [1.82, 2.24) is 10.6 Å². The zero-order valence-electron chi connectivity index (χ0n) is 9.91. The first-order valence-corrected chi connectivity index (χ1v) is 6.35. The standard InChI is InChI=1S/C14H18N2O/c17-13-12(11-4-2-1-3-5-11)14(10-16-13)6-8-15-9-7-14/h1-5,12,15H,6-10H2,(H,16,17)/t12-/m1/s1. The van der Waals surface area contributed by atoms with Crippen molar-refractivity contribution in [3.63, 3.8) is 0 Å². The maximum absolute atomic E-state index is 12.1. The molecule has 2 N–H and O–H groups in total. The van der Waals surface area contributed by atoms with Gasteiger partial charge in [-0.05, 0) is 31.5 Å². The molecule has 1 amide bonds. The highest BCUT2D eigenvalue weighted by Gasteiger charge is 2.49. The first-order chi connectivity index (χ1) is 8.32. The average Bonchev–Trinajstić information content (AvgIpc) is 2.68. The lowest BCUT2D eigenvalue weighted by molar-refractivity contribution is -0.121. The SMILES string of the molecule is O=C1NCC2(CCNCC2)[C@@H]1c1ccccc1. The van der Waals surface area contributed by atoms with E-state index in [9.17, 15) is 4.79 Å². The minimum absolute atomic E-state index is 0.0470. The van der Waals surface area contributed by atoms with Crippen LogP contribution in [0, 0.1) is 5.41 Å². The molecule has 0 aliphatic carbocycles. The third-order valence-electron chi connectivity index (χ3n) is 4.22. The van der Waals surface area contributed by atoms with E-state index in [4.69, 9.17) is 0 Å². The molecule has 17 heavy (non-hydrogen) atoms.